The molecule has 1 aromatic carbocycles. The van der Waals surface area contributed by atoms with Gasteiger partial charge in [-0.25, -0.2) is 8.42 Å². The molecule has 1 aliphatic rings. The molecule has 2 unspecified atom stereocenters. The molecule has 0 spiro atoms. The highest BCUT2D eigenvalue weighted by molar-refractivity contribution is 7.92. The average molecular weight is 369 g/mol. The predicted octanol–water partition coefficient (Wildman–Crippen LogP) is 1.64. The summed E-state index contributed by atoms with van der Waals surface area (Å²) in [7, 11) is -1.93. The molecule has 1 heterocycles. The maximum absolute atomic E-state index is 12.8. The van der Waals surface area contributed by atoms with Gasteiger partial charge < -0.3 is 15.4 Å². The molecule has 1 saturated heterocycles. The van der Waals surface area contributed by atoms with Gasteiger partial charge in [0.05, 0.1) is 18.9 Å². The van der Waals surface area contributed by atoms with Crippen molar-refractivity contribution in [3.8, 4) is 5.75 Å². The van der Waals surface area contributed by atoms with E-state index in [0.29, 0.717) is 22.6 Å². The third-order valence-electron chi connectivity index (χ3n) is 4.37. The summed E-state index contributed by atoms with van der Waals surface area (Å²) in [5.41, 5.74) is 1.36. The highest BCUT2D eigenvalue weighted by Gasteiger charge is 2.26. The fourth-order valence-electron chi connectivity index (χ4n) is 3.27. The van der Waals surface area contributed by atoms with E-state index in [2.05, 4.69) is 15.4 Å². The van der Waals surface area contributed by atoms with Crippen molar-refractivity contribution in [3.63, 3.8) is 0 Å². The van der Waals surface area contributed by atoms with Crippen LogP contribution in [0.15, 0.2) is 12.1 Å². The molecular formula is C17H27N3O4S. The summed E-state index contributed by atoms with van der Waals surface area (Å²) < 4.78 is 30.8. The zero-order chi connectivity index (χ0) is 18.6. The fourth-order valence-corrected chi connectivity index (χ4v) is 3.82. The third-order valence-corrected chi connectivity index (χ3v) is 4.97. The topological polar surface area (TPSA) is 96.5 Å². The molecule has 1 amide bonds. The van der Waals surface area contributed by atoms with Gasteiger partial charge in [0.15, 0.2) is 0 Å². The van der Waals surface area contributed by atoms with Gasteiger partial charge in [0.1, 0.15) is 5.75 Å². The number of hydrogen-bond acceptors (Lipinski definition) is 5. The Bertz CT molecular complexity index is 728. The largest absolute Gasteiger partial charge is 0.496 e. The minimum atomic E-state index is -3.43. The van der Waals surface area contributed by atoms with Crippen LogP contribution in [0.5, 0.6) is 5.75 Å². The van der Waals surface area contributed by atoms with E-state index >= 15 is 0 Å². The minimum absolute atomic E-state index is 0.0199. The number of hydrogen-bond donors (Lipinski definition) is 3. The molecule has 2 atom stereocenters. The smallest absolute Gasteiger partial charge is 0.255 e. The first-order chi connectivity index (χ1) is 11.7. The number of carbonyl (C=O) groups excluding carboxylic acids is 1. The van der Waals surface area contributed by atoms with Gasteiger partial charge >= 0.3 is 0 Å². The molecule has 0 aliphatic carbocycles. The van der Waals surface area contributed by atoms with E-state index < -0.39 is 10.0 Å². The van der Waals surface area contributed by atoms with Crippen LogP contribution in [0.3, 0.4) is 0 Å². The number of aryl methyl sites for hydroxylation is 1. The Kier molecular flexibility index (Phi) is 6.29. The first kappa shape index (κ1) is 19.5. The average Bonchev–Trinajstić information content (AvgIpc) is 3.04. The van der Waals surface area contributed by atoms with Crippen LogP contribution in [-0.4, -0.2) is 46.3 Å². The Morgan fingerprint density at radius 2 is 2.16 bits per heavy atom. The summed E-state index contributed by atoms with van der Waals surface area (Å²) >= 11 is 0. The van der Waals surface area contributed by atoms with Crippen molar-refractivity contribution in [1.29, 1.82) is 0 Å². The molecule has 2 rings (SSSR count). The Morgan fingerprint density at radius 1 is 1.44 bits per heavy atom. The quantitative estimate of drug-likeness (QED) is 0.679. The van der Waals surface area contributed by atoms with Crippen LogP contribution >= 0.6 is 0 Å². The summed E-state index contributed by atoms with van der Waals surface area (Å²) in [5, 5.41) is 6.47. The lowest BCUT2D eigenvalue weighted by Gasteiger charge is -2.24. The van der Waals surface area contributed by atoms with Crippen molar-refractivity contribution in [2.24, 2.45) is 0 Å². The van der Waals surface area contributed by atoms with Gasteiger partial charge in [-0.3, -0.25) is 9.52 Å². The number of ether oxygens (including phenoxy) is 1. The molecule has 8 heteroatoms. The summed E-state index contributed by atoms with van der Waals surface area (Å²) in [6.45, 7) is 4.78. The van der Waals surface area contributed by atoms with E-state index in [1.165, 1.54) is 13.2 Å². The molecule has 7 nitrogen and oxygen atoms in total. The normalized spacial score (nSPS) is 18.6. The molecule has 1 aliphatic heterocycles. The van der Waals surface area contributed by atoms with Crippen LogP contribution in [0.2, 0.25) is 0 Å². The molecule has 0 bridgehead atoms. The zero-order valence-electron chi connectivity index (χ0n) is 15.2. The summed E-state index contributed by atoms with van der Waals surface area (Å²) in [6.07, 6.45) is 4.02. The minimum Gasteiger partial charge on any atom is -0.496 e. The van der Waals surface area contributed by atoms with Gasteiger partial charge in [0, 0.05) is 17.8 Å². The van der Waals surface area contributed by atoms with Crippen LogP contribution in [-0.2, 0) is 10.0 Å². The zero-order valence-corrected chi connectivity index (χ0v) is 16.0. The number of carbonyl (C=O) groups is 1. The van der Waals surface area contributed by atoms with E-state index in [1.54, 1.807) is 13.0 Å². The van der Waals surface area contributed by atoms with E-state index in [1.807, 2.05) is 6.92 Å². The first-order valence-corrected chi connectivity index (χ1v) is 10.3. The van der Waals surface area contributed by atoms with Crippen molar-refractivity contribution < 1.29 is 17.9 Å². The molecule has 1 fully saturated rings. The van der Waals surface area contributed by atoms with Crippen molar-refractivity contribution in [1.82, 2.24) is 10.6 Å². The molecule has 0 radical (unpaired) electrons. The van der Waals surface area contributed by atoms with Crippen LogP contribution < -0.4 is 20.1 Å². The van der Waals surface area contributed by atoms with Crippen molar-refractivity contribution in [2.45, 2.75) is 45.2 Å². The monoisotopic (exact) mass is 369 g/mol. The second kappa shape index (κ2) is 8.05. The van der Waals surface area contributed by atoms with Crippen LogP contribution in [0.4, 0.5) is 5.69 Å². The molecule has 1 aromatic rings. The van der Waals surface area contributed by atoms with Gasteiger partial charge in [-0.1, -0.05) is 6.92 Å². The van der Waals surface area contributed by atoms with E-state index in [-0.39, 0.29) is 18.0 Å². The van der Waals surface area contributed by atoms with Crippen molar-refractivity contribution >= 4 is 21.6 Å². The number of nitrogens with one attached hydrogen (secondary N) is 3. The van der Waals surface area contributed by atoms with E-state index in [0.717, 1.165) is 32.1 Å². The Morgan fingerprint density at radius 3 is 2.68 bits per heavy atom. The number of amides is 1. The van der Waals surface area contributed by atoms with Crippen molar-refractivity contribution in [3.05, 3.63) is 23.3 Å². The number of benzene rings is 1. The number of anilines is 1. The lowest BCUT2D eigenvalue weighted by Crippen LogP contribution is -2.47. The van der Waals surface area contributed by atoms with Gasteiger partial charge in [0.2, 0.25) is 10.0 Å². The van der Waals surface area contributed by atoms with Crippen molar-refractivity contribution in [2.75, 3.05) is 24.6 Å². The summed E-state index contributed by atoms with van der Waals surface area (Å²) in [6, 6.07) is 3.44. The lowest BCUT2D eigenvalue weighted by atomic mass is 10.0. The predicted molar refractivity (Wildman–Crippen MR) is 98.8 cm³/mol. The molecule has 0 saturated carbocycles. The summed E-state index contributed by atoms with van der Waals surface area (Å²) in [5.74, 6) is 0.184. The molecule has 140 valence electrons. The highest BCUT2D eigenvalue weighted by atomic mass is 32.2. The first-order valence-electron chi connectivity index (χ1n) is 8.45. The van der Waals surface area contributed by atoms with Gasteiger partial charge in [-0.2, -0.15) is 0 Å². The third kappa shape index (κ3) is 5.09. The second-order valence-corrected chi connectivity index (χ2v) is 8.19. The molecule has 3 N–H and O–H groups in total. The standard InChI is InChI=1S/C17H27N3O4S/c1-5-14(15-7-6-8-18-15)19-17(21)13-10-12(20-25(4,22)23)9-11(2)16(13)24-3/h9-10,14-15,18,20H,5-8H2,1-4H3,(H,19,21). The second-order valence-electron chi connectivity index (χ2n) is 6.44. The Balaban J connectivity index is 2.29. The van der Waals surface area contributed by atoms with Gasteiger partial charge in [0.25, 0.3) is 5.91 Å². The Hall–Kier alpha value is -1.80. The molecule has 0 aromatic heterocycles. The lowest BCUT2D eigenvalue weighted by molar-refractivity contribution is 0.0924. The van der Waals surface area contributed by atoms with Crippen LogP contribution in [0, 0.1) is 6.92 Å². The van der Waals surface area contributed by atoms with E-state index in [4.69, 9.17) is 4.74 Å². The molecular weight excluding hydrogens is 342 g/mol. The van der Waals surface area contributed by atoms with Gasteiger partial charge in [-0.05, 0) is 50.4 Å². The van der Waals surface area contributed by atoms with Gasteiger partial charge in [-0.15, -0.1) is 0 Å². The van der Waals surface area contributed by atoms with Crippen LogP contribution in [0.25, 0.3) is 0 Å². The Labute approximate surface area is 149 Å². The maximum Gasteiger partial charge on any atom is 0.255 e. The number of rotatable bonds is 7. The molecule has 25 heavy (non-hydrogen) atoms. The fraction of sp³-hybridized carbons (Fsp3) is 0.588. The SMILES string of the molecule is CCC(NC(=O)c1cc(NS(C)(=O)=O)cc(C)c1OC)C1CCCN1. The summed E-state index contributed by atoms with van der Waals surface area (Å²) in [4.78, 5) is 12.8. The maximum atomic E-state index is 12.8. The van der Waals surface area contributed by atoms with E-state index in [9.17, 15) is 13.2 Å². The number of sulfonamides is 1. The van der Waals surface area contributed by atoms with Crippen LogP contribution in [0.1, 0.15) is 42.1 Å². The number of methoxy groups -OCH3 is 1. The highest BCUT2D eigenvalue weighted by Crippen LogP contribution is 2.28.